The highest BCUT2D eigenvalue weighted by Gasteiger charge is 2.30. The van der Waals surface area contributed by atoms with E-state index < -0.39 is 0 Å². The summed E-state index contributed by atoms with van der Waals surface area (Å²) >= 11 is 3.25. The minimum atomic E-state index is 0.0484. The van der Waals surface area contributed by atoms with E-state index >= 15 is 0 Å². The molecule has 17 heavy (non-hydrogen) atoms. The Morgan fingerprint density at radius 1 is 1.65 bits per heavy atom. The Labute approximate surface area is 106 Å². The Balaban J connectivity index is 2.10. The third kappa shape index (κ3) is 2.75. The van der Waals surface area contributed by atoms with Crippen LogP contribution in [0.15, 0.2) is 28.0 Å². The van der Waals surface area contributed by atoms with E-state index in [4.69, 9.17) is 5.53 Å². The van der Waals surface area contributed by atoms with Gasteiger partial charge in [-0.2, -0.15) is 0 Å². The average Bonchev–Trinajstić information content (AvgIpc) is 2.69. The quantitative estimate of drug-likeness (QED) is 0.371. The van der Waals surface area contributed by atoms with E-state index in [9.17, 15) is 4.79 Å². The Bertz CT molecular complexity index is 468. The number of halogens is 1. The minimum Gasteiger partial charge on any atom is -0.311 e. The third-order valence-corrected chi connectivity index (χ3v) is 3.10. The number of carbonyl (C=O) groups excluding carboxylic acids is 1. The summed E-state index contributed by atoms with van der Waals surface area (Å²) in [6, 6.07) is 3.63. The van der Waals surface area contributed by atoms with Crippen molar-refractivity contribution in [3.63, 3.8) is 0 Å². The second-order valence-electron chi connectivity index (χ2n) is 3.83. The number of amides is 1. The Morgan fingerprint density at radius 2 is 2.47 bits per heavy atom. The topological polar surface area (TPSA) is 82.0 Å². The summed E-state index contributed by atoms with van der Waals surface area (Å²) in [5.41, 5.74) is 9.03. The van der Waals surface area contributed by atoms with E-state index in [-0.39, 0.29) is 11.8 Å². The third-order valence-electron chi connectivity index (χ3n) is 2.63. The van der Waals surface area contributed by atoms with E-state index in [0.717, 1.165) is 10.3 Å². The van der Waals surface area contributed by atoms with Crippen LogP contribution in [0.25, 0.3) is 10.4 Å². The average molecular weight is 296 g/mol. The lowest BCUT2D eigenvalue weighted by atomic mass is 10.1. The maximum atomic E-state index is 11.8. The van der Waals surface area contributed by atoms with Gasteiger partial charge in [-0.15, -0.1) is 0 Å². The van der Waals surface area contributed by atoms with Gasteiger partial charge in [0.2, 0.25) is 5.91 Å². The molecule has 0 radical (unpaired) electrons. The number of pyridine rings is 1. The zero-order chi connectivity index (χ0) is 12.3. The Morgan fingerprint density at radius 3 is 3.12 bits per heavy atom. The molecule has 7 heteroatoms. The molecule has 1 fully saturated rings. The van der Waals surface area contributed by atoms with E-state index in [1.165, 1.54) is 0 Å². The summed E-state index contributed by atoms with van der Waals surface area (Å²) in [6.07, 6.45) is 2.08. The number of anilines is 1. The molecule has 0 N–H and O–H groups in total. The monoisotopic (exact) mass is 295 g/mol. The lowest BCUT2D eigenvalue weighted by molar-refractivity contribution is -0.117. The summed E-state index contributed by atoms with van der Waals surface area (Å²) < 4.78 is 0.735. The first-order chi connectivity index (χ1) is 8.20. The number of rotatable bonds is 3. The first kappa shape index (κ1) is 11.9. The van der Waals surface area contributed by atoms with Crippen molar-refractivity contribution in [1.82, 2.24) is 4.98 Å². The van der Waals surface area contributed by atoms with E-state index in [1.807, 2.05) is 6.07 Å². The van der Waals surface area contributed by atoms with Crippen LogP contribution in [0, 0.1) is 5.92 Å². The lowest BCUT2D eigenvalue weighted by Crippen LogP contribution is -2.24. The van der Waals surface area contributed by atoms with Gasteiger partial charge in [-0.25, -0.2) is 4.98 Å². The summed E-state index contributed by atoms with van der Waals surface area (Å²) in [5, 5.41) is 3.51. The molecule has 1 amide bonds. The molecule has 6 nitrogen and oxygen atoms in total. The Hall–Kier alpha value is -1.59. The number of azide groups is 1. The van der Waals surface area contributed by atoms with Gasteiger partial charge in [0.05, 0.1) is 11.9 Å². The van der Waals surface area contributed by atoms with Crippen molar-refractivity contribution in [2.75, 3.05) is 18.0 Å². The fourth-order valence-electron chi connectivity index (χ4n) is 1.83. The molecular weight excluding hydrogens is 286 g/mol. The molecule has 88 valence electrons. The van der Waals surface area contributed by atoms with Crippen molar-refractivity contribution in [2.45, 2.75) is 6.42 Å². The second-order valence-corrected chi connectivity index (χ2v) is 4.64. The molecule has 1 saturated heterocycles. The van der Waals surface area contributed by atoms with Gasteiger partial charge in [-0.3, -0.25) is 4.79 Å². The van der Waals surface area contributed by atoms with Gasteiger partial charge in [0.1, 0.15) is 4.60 Å². The number of hydrogen-bond donors (Lipinski definition) is 0. The molecule has 1 aromatic heterocycles. The van der Waals surface area contributed by atoms with Gasteiger partial charge in [0.15, 0.2) is 0 Å². The highest BCUT2D eigenvalue weighted by molar-refractivity contribution is 9.10. The van der Waals surface area contributed by atoms with Gasteiger partial charge >= 0.3 is 0 Å². The van der Waals surface area contributed by atoms with Crippen molar-refractivity contribution in [3.05, 3.63) is 33.4 Å². The molecule has 1 aromatic rings. The SMILES string of the molecule is [N-]=[N+]=NCC1CC(=O)N(c2ccc(Br)nc2)C1. The van der Waals surface area contributed by atoms with Gasteiger partial charge < -0.3 is 4.90 Å². The predicted octanol–water partition coefficient (Wildman–Crippen LogP) is 2.51. The molecule has 1 aliphatic rings. The largest absolute Gasteiger partial charge is 0.311 e. The second kappa shape index (κ2) is 5.16. The summed E-state index contributed by atoms with van der Waals surface area (Å²) in [4.78, 5) is 20.3. The van der Waals surface area contributed by atoms with Crippen molar-refractivity contribution in [1.29, 1.82) is 0 Å². The Kier molecular flexibility index (Phi) is 3.61. The van der Waals surface area contributed by atoms with E-state index in [1.54, 1.807) is 17.2 Å². The first-order valence-electron chi connectivity index (χ1n) is 5.13. The van der Waals surface area contributed by atoms with Crippen LogP contribution in [0.4, 0.5) is 5.69 Å². The molecule has 1 aliphatic heterocycles. The highest BCUT2D eigenvalue weighted by atomic mass is 79.9. The number of aromatic nitrogens is 1. The molecular formula is C10H10BrN5O. The molecule has 0 saturated carbocycles. The van der Waals surface area contributed by atoms with Crippen LogP contribution >= 0.6 is 15.9 Å². The maximum absolute atomic E-state index is 11.8. The van der Waals surface area contributed by atoms with E-state index in [0.29, 0.717) is 19.5 Å². The first-order valence-corrected chi connectivity index (χ1v) is 5.93. The summed E-state index contributed by atoms with van der Waals surface area (Å²) in [6.45, 7) is 0.948. The van der Waals surface area contributed by atoms with Gasteiger partial charge in [-0.1, -0.05) is 5.11 Å². The molecule has 0 aliphatic carbocycles. The van der Waals surface area contributed by atoms with Crippen LogP contribution in [0.3, 0.4) is 0 Å². The zero-order valence-electron chi connectivity index (χ0n) is 8.95. The molecule has 1 atom stereocenters. The minimum absolute atomic E-state index is 0.0484. The van der Waals surface area contributed by atoms with E-state index in [2.05, 4.69) is 30.9 Å². The van der Waals surface area contributed by atoms with Gasteiger partial charge in [0, 0.05) is 24.4 Å². The standard InChI is InChI=1S/C10H10BrN5O/c11-9-2-1-8(5-13-9)16-6-7(3-10(16)17)4-14-15-12/h1-2,5,7H,3-4,6H2. The fourth-order valence-corrected chi connectivity index (χ4v) is 2.07. The molecule has 2 rings (SSSR count). The molecule has 0 aromatic carbocycles. The number of nitrogens with zero attached hydrogens (tertiary/aromatic N) is 5. The molecule has 0 bridgehead atoms. The van der Waals surface area contributed by atoms with Gasteiger partial charge in [0.25, 0.3) is 0 Å². The van der Waals surface area contributed by atoms with Crippen molar-refractivity contribution >= 4 is 27.5 Å². The van der Waals surface area contributed by atoms with Crippen LogP contribution < -0.4 is 4.90 Å². The fraction of sp³-hybridized carbons (Fsp3) is 0.400. The van der Waals surface area contributed by atoms with Crippen molar-refractivity contribution < 1.29 is 4.79 Å². The summed E-state index contributed by atoms with van der Waals surface area (Å²) in [5.74, 6) is 0.148. The molecule has 2 heterocycles. The molecule has 0 spiro atoms. The number of carbonyl (C=O) groups is 1. The smallest absolute Gasteiger partial charge is 0.227 e. The van der Waals surface area contributed by atoms with Crippen molar-refractivity contribution in [2.24, 2.45) is 11.0 Å². The van der Waals surface area contributed by atoms with Crippen molar-refractivity contribution in [3.8, 4) is 0 Å². The highest BCUT2D eigenvalue weighted by Crippen LogP contribution is 2.25. The van der Waals surface area contributed by atoms with Gasteiger partial charge in [-0.05, 0) is 39.5 Å². The predicted molar refractivity (Wildman–Crippen MR) is 66.4 cm³/mol. The van der Waals surface area contributed by atoms with Crippen LogP contribution in [-0.4, -0.2) is 24.0 Å². The number of hydrogen-bond acceptors (Lipinski definition) is 3. The van der Waals surface area contributed by atoms with Crippen LogP contribution in [0.2, 0.25) is 0 Å². The lowest BCUT2D eigenvalue weighted by Gasteiger charge is -2.15. The zero-order valence-corrected chi connectivity index (χ0v) is 10.5. The maximum Gasteiger partial charge on any atom is 0.227 e. The normalized spacial score (nSPS) is 19.2. The molecule has 1 unspecified atom stereocenters. The van der Waals surface area contributed by atoms with Crippen LogP contribution in [-0.2, 0) is 4.79 Å². The summed E-state index contributed by atoms with van der Waals surface area (Å²) in [7, 11) is 0. The van der Waals surface area contributed by atoms with Crippen LogP contribution in [0.5, 0.6) is 0 Å². The van der Waals surface area contributed by atoms with Crippen LogP contribution in [0.1, 0.15) is 6.42 Å².